The van der Waals surface area contributed by atoms with Crippen molar-refractivity contribution in [2.75, 3.05) is 0 Å². The monoisotopic (exact) mass is 239 g/mol. The summed E-state index contributed by atoms with van der Waals surface area (Å²) in [6.45, 7) is 4.58. The SMILES string of the molecule is CC(C)CC1(c2nc(=S)n(C)[nH]2)CCCC1. The summed E-state index contributed by atoms with van der Waals surface area (Å²) in [7, 11) is 1.94. The molecule has 1 saturated carbocycles. The summed E-state index contributed by atoms with van der Waals surface area (Å²) in [6, 6.07) is 0. The van der Waals surface area contributed by atoms with Crippen LogP contribution in [0.1, 0.15) is 51.8 Å². The number of aryl methyl sites for hydroxylation is 1. The lowest BCUT2D eigenvalue weighted by atomic mass is 9.78. The minimum atomic E-state index is 0.267. The average Bonchev–Trinajstić information content (AvgIpc) is 2.75. The standard InChI is InChI=1S/C12H21N3S/c1-9(2)8-12(6-4-5-7-12)10-13-11(16)15(3)14-10/h9H,4-8H2,1-3H3,(H,13,14,16). The molecule has 1 aliphatic rings. The fraction of sp³-hybridized carbons (Fsp3) is 0.833. The second-order valence-electron chi connectivity index (χ2n) is 5.50. The van der Waals surface area contributed by atoms with Crippen molar-refractivity contribution in [2.24, 2.45) is 13.0 Å². The van der Waals surface area contributed by atoms with Crippen LogP contribution in [0, 0.1) is 10.7 Å². The molecule has 90 valence electrons. The third-order valence-corrected chi connectivity index (χ3v) is 4.00. The van der Waals surface area contributed by atoms with E-state index in [9.17, 15) is 0 Å². The van der Waals surface area contributed by atoms with Gasteiger partial charge in [0.25, 0.3) is 0 Å². The van der Waals surface area contributed by atoms with Gasteiger partial charge >= 0.3 is 0 Å². The predicted octanol–water partition coefficient (Wildman–Crippen LogP) is 3.34. The first-order valence-electron chi connectivity index (χ1n) is 6.17. The van der Waals surface area contributed by atoms with E-state index in [2.05, 4.69) is 23.9 Å². The van der Waals surface area contributed by atoms with Crippen molar-refractivity contribution in [2.45, 2.75) is 51.4 Å². The van der Waals surface area contributed by atoms with Crippen molar-refractivity contribution in [3.05, 3.63) is 10.6 Å². The Bertz CT molecular complexity index is 410. The van der Waals surface area contributed by atoms with Crippen molar-refractivity contribution < 1.29 is 0 Å². The molecule has 0 aliphatic heterocycles. The Labute approximate surface area is 102 Å². The van der Waals surface area contributed by atoms with Crippen LogP contribution < -0.4 is 0 Å². The van der Waals surface area contributed by atoms with Gasteiger partial charge in [-0.2, -0.15) is 0 Å². The van der Waals surface area contributed by atoms with Crippen LogP contribution in [0.25, 0.3) is 0 Å². The maximum Gasteiger partial charge on any atom is 0.215 e. The number of hydrogen-bond donors (Lipinski definition) is 1. The average molecular weight is 239 g/mol. The van der Waals surface area contributed by atoms with E-state index in [0.29, 0.717) is 10.7 Å². The van der Waals surface area contributed by atoms with Crippen LogP contribution in [0.3, 0.4) is 0 Å². The first kappa shape index (κ1) is 11.8. The number of H-pyrrole nitrogens is 1. The van der Waals surface area contributed by atoms with Gasteiger partial charge in [-0.15, -0.1) is 0 Å². The van der Waals surface area contributed by atoms with Crippen LogP contribution in [-0.4, -0.2) is 14.8 Å². The van der Waals surface area contributed by atoms with E-state index < -0.39 is 0 Å². The molecule has 0 amide bonds. The summed E-state index contributed by atoms with van der Waals surface area (Å²) in [4.78, 5) is 4.54. The Hall–Kier alpha value is -0.640. The summed E-state index contributed by atoms with van der Waals surface area (Å²) in [5.74, 6) is 1.83. The molecule has 1 fully saturated rings. The Balaban J connectivity index is 2.35. The van der Waals surface area contributed by atoms with Gasteiger partial charge in [0, 0.05) is 12.5 Å². The Morgan fingerprint density at radius 1 is 1.44 bits per heavy atom. The molecule has 1 aliphatic carbocycles. The number of nitrogens with zero attached hydrogens (tertiary/aromatic N) is 2. The van der Waals surface area contributed by atoms with Gasteiger partial charge in [-0.3, -0.25) is 9.78 Å². The molecule has 0 atom stereocenters. The summed E-state index contributed by atoms with van der Waals surface area (Å²) in [5.41, 5.74) is 0.267. The molecule has 1 N–H and O–H groups in total. The molecule has 16 heavy (non-hydrogen) atoms. The van der Waals surface area contributed by atoms with Crippen molar-refractivity contribution in [3.8, 4) is 0 Å². The van der Waals surface area contributed by atoms with E-state index in [1.807, 2.05) is 11.7 Å². The summed E-state index contributed by atoms with van der Waals surface area (Å²) >= 11 is 5.19. The molecule has 0 spiro atoms. The minimum absolute atomic E-state index is 0.267. The number of rotatable bonds is 3. The minimum Gasteiger partial charge on any atom is -0.283 e. The van der Waals surface area contributed by atoms with Crippen LogP contribution in [-0.2, 0) is 12.5 Å². The third-order valence-electron chi connectivity index (χ3n) is 3.63. The molecular formula is C12H21N3S. The normalized spacial score (nSPS) is 19.5. The van der Waals surface area contributed by atoms with Gasteiger partial charge < -0.3 is 0 Å². The zero-order valence-electron chi connectivity index (χ0n) is 10.4. The van der Waals surface area contributed by atoms with E-state index in [-0.39, 0.29) is 5.41 Å². The molecule has 0 saturated heterocycles. The van der Waals surface area contributed by atoms with Crippen molar-refractivity contribution in [1.82, 2.24) is 14.8 Å². The second-order valence-corrected chi connectivity index (χ2v) is 5.86. The lowest BCUT2D eigenvalue weighted by Gasteiger charge is -2.28. The molecule has 1 aromatic rings. The Morgan fingerprint density at radius 2 is 2.06 bits per heavy atom. The van der Waals surface area contributed by atoms with Crippen LogP contribution in [0.15, 0.2) is 0 Å². The van der Waals surface area contributed by atoms with Gasteiger partial charge in [-0.05, 0) is 37.4 Å². The van der Waals surface area contributed by atoms with Gasteiger partial charge in [0.15, 0.2) is 0 Å². The lowest BCUT2D eigenvalue weighted by molar-refractivity contribution is 0.328. The summed E-state index contributed by atoms with van der Waals surface area (Å²) < 4.78 is 2.52. The van der Waals surface area contributed by atoms with Gasteiger partial charge in [0.1, 0.15) is 5.82 Å². The zero-order valence-corrected chi connectivity index (χ0v) is 11.2. The molecule has 3 nitrogen and oxygen atoms in total. The molecule has 0 unspecified atom stereocenters. The number of aromatic nitrogens is 3. The summed E-state index contributed by atoms with van der Waals surface area (Å²) in [5, 5.41) is 3.33. The first-order valence-corrected chi connectivity index (χ1v) is 6.58. The quantitative estimate of drug-likeness (QED) is 0.821. The van der Waals surface area contributed by atoms with Crippen LogP contribution in [0.5, 0.6) is 0 Å². The molecule has 1 aromatic heterocycles. The lowest BCUT2D eigenvalue weighted by Crippen LogP contribution is -2.26. The smallest absolute Gasteiger partial charge is 0.215 e. The van der Waals surface area contributed by atoms with Gasteiger partial charge in [-0.1, -0.05) is 26.7 Å². The molecule has 2 rings (SSSR count). The maximum atomic E-state index is 5.19. The van der Waals surface area contributed by atoms with Crippen LogP contribution in [0.2, 0.25) is 0 Å². The molecule has 4 heteroatoms. The predicted molar refractivity (Wildman–Crippen MR) is 68.0 cm³/mol. The molecule has 1 heterocycles. The van der Waals surface area contributed by atoms with Crippen molar-refractivity contribution >= 4 is 12.2 Å². The molecule has 0 bridgehead atoms. The van der Waals surface area contributed by atoms with E-state index in [1.54, 1.807) is 0 Å². The highest BCUT2D eigenvalue weighted by Gasteiger charge is 2.38. The Morgan fingerprint density at radius 3 is 2.50 bits per heavy atom. The highest BCUT2D eigenvalue weighted by atomic mass is 32.1. The molecule has 0 radical (unpaired) electrons. The Kier molecular flexibility index (Phi) is 3.19. The maximum absolute atomic E-state index is 5.19. The van der Waals surface area contributed by atoms with Gasteiger partial charge in [0.2, 0.25) is 4.77 Å². The molecular weight excluding hydrogens is 218 g/mol. The van der Waals surface area contributed by atoms with E-state index in [0.717, 1.165) is 5.82 Å². The van der Waals surface area contributed by atoms with E-state index >= 15 is 0 Å². The molecule has 0 aromatic carbocycles. The van der Waals surface area contributed by atoms with Crippen LogP contribution >= 0.6 is 12.2 Å². The highest BCUT2D eigenvalue weighted by Crippen LogP contribution is 2.44. The largest absolute Gasteiger partial charge is 0.283 e. The number of hydrogen-bond acceptors (Lipinski definition) is 2. The van der Waals surface area contributed by atoms with Gasteiger partial charge in [-0.25, -0.2) is 4.98 Å². The van der Waals surface area contributed by atoms with E-state index in [4.69, 9.17) is 12.2 Å². The topological polar surface area (TPSA) is 33.6 Å². The number of nitrogens with one attached hydrogen (secondary N) is 1. The van der Waals surface area contributed by atoms with Crippen molar-refractivity contribution in [3.63, 3.8) is 0 Å². The summed E-state index contributed by atoms with van der Waals surface area (Å²) in [6.07, 6.45) is 6.38. The first-order chi connectivity index (χ1) is 7.53. The van der Waals surface area contributed by atoms with E-state index in [1.165, 1.54) is 32.1 Å². The number of aromatic amines is 1. The highest BCUT2D eigenvalue weighted by molar-refractivity contribution is 7.71. The van der Waals surface area contributed by atoms with Crippen molar-refractivity contribution in [1.29, 1.82) is 0 Å². The van der Waals surface area contributed by atoms with Gasteiger partial charge in [0.05, 0.1) is 0 Å². The van der Waals surface area contributed by atoms with Crippen LogP contribution in [0.4, 0.5) is 0 Å². The zero-order chi connectivity index (χ0) is 11.8. The fourth-order valence-electron chi connectivity index (χ4n) is 3.01. The fourth-order valence-corrected chi connectivity index (χ4v) is 3.15. The third kappa shape index (κ3) is 2.08. The second kappa shape index (κ2) is 4.32.